The van der Waals surface area contributed by atoms with Gasteiger partial charge in [-0.15, -0.1) is 0 Å². The van der Waals surface area contributed by atoms with Gasteiger partial charge in [-0.05, 0) is 44.5 Å². The number of furan rings is 1. The Morgan fingerprint density at radius 3 is 2.93 bits per heavy atom. The molecule has 2 rings (SSSR count). The van der Waals surface area contributed by atoms with Crippen LogP contribution in [-0.2, 0) is 5.41 Å². The maximum Gasteiger partial charge on any atom is 0.110 e. The third-order valence-electron chi connectivity index (χ3n) is 3.36. The summed E-state index contributed by atoms with van der Waals surface area (Å²) >= 11 is 0. The molecule has 1 N–H and O–H groups in total. The zero-order valence-electron chi connectivity index (χ0n) is 9.26. The van der Waals surface area contributed by atoms with Gasteiger partial charge in [0, 0.05) is 5.41 Å². The fourth-order valence-corrected chi connectivity index (χ4v) is 2.11. The van der Waals surface area contributed by atoms with E-state index in [1.807, 2.05) is 6.92 Å². The first-order valence-corrected chi connectivity index (χ1v) is 5.44. The molecule has 0 amide bonds. The van der Waals surface area contributed by atoms with E-state index in [0.717, 1.165) is 30.5 Å². The molecule has 78 valence electrons. The monoisotopic (exact) mass is 193 g/mol. The lowest BCUT2D eigenvalue weighted by Gasteiger charge is -2.07. The Hall–Kier alpha value is -0.760. The van der Waals surface area contributed by atoms with Gasteiger partial charge in [0.25, 0.3) is 0 Å². The zero-order valence-corrected chi connectivity index (χ0v) is 9.26. The van der Waals surface area contributed by atoms with Crippen molar-refractivity contribution in [1.82, 2.24) is 5.32 Å². The highest BCUT2D eigenvalue weighted by molar-refractivity contribution is 5.25. The van der Waals surface area contributed by atoms with Crippen molar-refractivity contribution >= 4 is 0 Å². The molecule has 14 heavy (non-hydrogen) atoms. The minimum Gasteiger partial charge on any atom is -0.466 e. The van der Waals surface area contributed by atoms with E-state index in [1.165, 1.54) is 6.42 Å². The quantitative estimate of drug-likeness (QED) is 0.794. The molecule has 0 bridgehead atoms. The van der Waals surface area contributed by atoms with Gasteiger partial charge < -0.3 is 9.73 Å². The Morgan fingerprint density at radius 1 is 1.57 bits per heavy atom. The Kier molecular flexibility index (Phi) is 2.40. The summed E-state index contributed by atoms with van der Waals surface area (Å²) in [7, 11) is 0. The van der Waals surface area contributed by atoms with E-state index in [2.05, 4.69) is 31.3 Å². The molecule has 0 aliphatic heterocycles. The lowest BCUT2D eigenvalue weighted by molar-refractivity contribution is 0.426. The zero-order chi connectivity index (χ0) is 10.2. The van der Waals surface area contributed by atoms with Gasteiger partial charge in [0.15, 0.2) is 0 Å². The first kappa shape index (κ1) is 9.78. The lowest BCUT2D eigenvalue weighted by atomic mass is 10.0. The average molecular weight is 193 g/mol. The molecule has 0 saturated heterocycles. The molecule has 1 aromatic heterocycles. The molecule has 1 aliphatic carbocycles. The normalized spacial score (nSPS) is 30.6. The van der Waals surface area contributed by atoms with Crippen molar-refractivity contribution in [3.63, 3.8) is 0 Å². The summed E-state index contributed by atoms with van der Waals surface area (Å²) in [5, 5.41) is 3.40. The average Bonchev–Trinajstić information content (AvgIpc) is 2.58. The van der Waals surface area contributed by atoms with Crippen LogP contribution in [0.3, 0.4) is 0 Å². The molecule has 2 unspecified atom stereocenters. The van der Waals surface area contributed by atoms with E-state index in [-0.39, 0.29) is 0 Å². The summed E-state index contributed by atoms with van der Waals surface area (Å²) < 4.78 is 5.69. The first-order chi connectivity index (χ1) is 6.66. The molecule has 0 radical (unpaired) electrons. The van der Waals surface area contributed by atoms with Crippen LogP contribution in [0.1, 0.15) is 31.8 Å². The van der Waals surface area contributed by atoms with Crippen LogP contribution >= 0.6 is 0 Å². The molecular weight excluding hydrogens is 174 g/mol. The minimum absolute atomic E-state index is 0.302. The lowest BCUT2D eigenvalue weighted by Crippen LogP contribution is -2.19. The summed E-state index contributed by atoms with van der Waals surface area (Å²) in [4.78, 5) is 0. The van der Waals surface area contributed by atoms with Crippen LogP contribution in [0.15, 0.2) is 16.5 Å². The molecule has 1 aromatic rings. The van der Waals surface area contributed by atoms with Crippen molar-refractivity contribution in [2.45, 2.75) is 32.6 Å². The molecular formula is C12H19NO. The fraction of sp³-hybridized carbons (Fsp3) is 0.667. The van der Waals surface area contributed by atoms with E-state index in [1.54, 1.807) is 0 Å². The highest BCUT2D eigenvalue weighted by Crippen LogP contribution is 2.53. The Balaban J connectivity index is 1.99. The van der Waals surface area contributed by atoms with Gasteiger partial charge in [0.2, 0.25) is 0 Å². The molecule has 2 nitrogen and oxygen atoms in total. The number of aryl methyl sites for hydroxylation is 1. The molecule has 1 saturated carbocycles. The Bertz CT molecular complexity index is 318. The maximum atomic E-state index is 5.69. The molecule has 2 atom stereocenters. The van der Waals surface area contributed by atoms with Crippen LogP contribution in [0.25, 0.3) is 0 Å². The third-order valence-corrected chi connectivity index (χ3v) is 3.36. The van der Waals surface area contributed by atoms with Crippen LogP contribution in [0.2, 0.25) is 0 Å². The van der Waals surface area contributed by atoms with Crippen LogP contribution in [0.4, 0.5) is 0 Å². The topological polar surface area (TPSA) is 25.2 Å². The maximum absolute atomic E-state index is 5.69. The van der Waals surface area contributed by atoms with E-state index >= 15 is 0 Å². The minimum atomic E-state index is 0.302. The largest absolute Gasteiger partial charge is 0.466 e. The first-order valence-electron chi connectivity index (χ1n) is 5.44. The van der Waals surface area contributed by atoms with Crippen LogP contribution in [0, 0.1) is 12.8 Å². The van der Waals surface area contributed by atoms with Crippen molar-refractivity contribution in [2.24, 2.45) is 5.92 Å². The molecule has 1 fully saturated rings. The summed E-state index contributed by atoms with van der Waals surface area (Å²) in [5.41, 5.74) is 0.302. The van der Waals surface area contributed by atoms with Gasteiger partial charge in [-0.2, -0.15) is 0 Å². The van der Waals surface area contributed by atoms with E-state index in [0.29, 0.717) is 5.41 Å². The van der Waals surface area contributed by atoms with Gasteiger partial charge in [-0.25, -0.2) is 0 Å². The Morgan fingerprint density at radius 2 is 2.36 bits per heavy atom. The van der Waals surface area contributed by atoms with Gasteiger partial charge >= 0.3 is 0 Å². The molecule has 0 spiro atoms. The SMILES string of the molecule is CCNCC1CC1(C)c1ccc(C)o1. The van der Waals surface area contributed by atoms with Gasteiger partial charge in [0.05, 0.1) is 0 Å². The second-order valence-corrected chi connectivity index (χ2v) is 4.54. The van der Waals surface area contributed by atoms with Crippen LogP contribution in [-0.4, -0.2) is 13.1 Å². The van der Waals surface area contributed by atoms with Crippen molar-refractivity contribution in [3.8, 4) is 0 Å². The van der Waals surface area contributed by atoms with Gasteiger partial charge in [-0.3, -0.25) is 0 Å². The Labute approximate surface area is 85.7 Å². The van der Waals surface area contributed by atoms with E-state index in [9.17, 15) is 0 Å². The molecule has 1 aliphatic rings. The predicted molar refractivity (Wildman–Crippen MR) is 57.4 cm³/mol. The molecule has 0 aromatic carbocycles. The van der Waals surface area contributed by atoms with Crippen molar-refractivity contribution in [3.05, 3.63) is 23.7 Å². The van der Waals surface area contributed by atoms with Crippen molar-refractivity contribution in [1.29, 1.82) is 0 Å². The predicted octanol–water partition coefficient (Wildman–Crippen LogP) is 2.48. The number of hydrogen-bond acceptors (Lipinski definition) is 2. The smallest absolute Gasteiger partial charge is 0.110 e. The van der Waals surface area contributed by atoms with Crippen LogP contribution < -0.4 is 5.32 Å². The highest BCUT2D eigenvalue weighted by atomic mass is 16.3. The third kappa shape index (κ3) is 1.59. The van der Waals surface area contributed by atoms with Gasteiger partial charge in [0.1, 0.15) is 11.5 Å². The standard InChI is InChI=1S/C12H19NO/c1-4-13-8-10-7-12(10,3)11-6-5-9(2)14-11/h5-6,10,13H,4,7-8H2,1-3H3. The van der Waals surface area contributed by atoms with Gasteiger partial charge in [-0.1, -0.05) is 13.8 Å². The summed E-state index contributed by atoms with van der Waals surface area (Å²) in [5.74, 6) is 2.95. The number of nitrogens with one attached hydrogen (secondary N) is 1. The molecule has 2 heteroatoms. The second-order valence-electron chi connectivity index (χ2n) is 4.54. The highest BCUT2D eigenvalue weighted by Gasteiger charge is 2.52. The van der Waals surface area contributed by atoms with E-state index in [4.69, 9.17) is 4.42 Å². The summed E-state index contributed by atoms with van der Waals surface area (Å²) in [6.07, 6.45) is 1.26. The second kappa shape index (κ2) is 3.43. The fourth-order valence-electron chi connectivity index (χ4n) is 2.11. The van der Waals surface area contributed by atoms with Crippen LogP contribution in [0.5, 0.6) is 0 Å². The molecule has 1 heterocycles. The van der Waals surface area contributed by atoms with E-state index < -0.39 is 0 Å². The number of rotatable bonds is 4. The van der Waals surface area contributed by atoms with Crippen molar-refractivity contribution in [2.75, 3.05) is 13.1 Å². The summed E-state index contributed by atoms with van der Waals surface area (Å²) in [6, 6.07) is 4.19. The summed E-state index contributed by atoms with van der Waals surface area (Å²) in [6.45, 7) is 8.63. The number of hydrogen-bond donors (Lipinski definition) is 1. The van der Waals surface area contributed by atoms with Crippen molar-refractivity contribution < 1.29 is 4.42 Å².